The maximum Gasteiger partial charge on any atom is 0.0791 e. The van der Waals surface area contributed by atoms with Crippen LogP contribution in [0.3, 0.4) is 0 Å². The number of aliphatic hydroxyl groups excluding tert-OH is 1. The lowest BCUT2D eigenvalue weighted by Gasteiger charge is -2.33. The maximum atomic E-state index is 9.93. The first-order chi connectivity index (χ1) is 8.66. The van der Waals surface area contributed by atoms with Crippen LogP contribution in [0.4, 0.5) is 0 Å². The van der Waals surface area contributed by atoms with Crippen LogP contribution < -0.4 is 5.32 Å². The molecular weight excluding hydrogens is 224 g/mol. The number of hydrogen-bond donors (Lipinski definition) is 2. The quantitative estimate of drug-likeness (QED) is 0.850. The van der Waals surface area contributed by atoms with Gasteiger partial charge in [0.1, 0.15) is 0 Å². The smallest absolute Gasteiger partial charge is 0.0791 e. The van der Waals surface area contributed by atoms with Crippen molar-refractivity contribution in [2.75, 3.05) is 19.6 Å². The molecule has 3 heteroatoms. The summed E-state index contributed by atoms with van der Waals surface area (Å²) in [6, 6.07) is 11.0. The second-order valence-corrected chi connectivity index (χ2v) is 5.54. The van der Waals surface area contributed by atoms with Crippen molar-refractivity contribution in [3.05, 3.63) is 35.9 Å². The summed E-state index contributed by atoms with van der Waals surface area (Å²) in [5.74, 6) is 0.589. The van der Waals surface area contributed by atoms with E-state index in [0.29, 0.717) is 18.5 Å². The molecule has 1 saturated heterocycles. The second-order valence-electron chi connectivity index (χ2n) is 5.54. The molecule has 0 bridgehead atoms. The van der Waals surface area contributed by atoms with E-state index in [9.17, 15) is 5.11 Å². The highest BCUT2D eigenvalue weighted by Crippen LogP contribution is 2.16. The van der Waals surface area contributed by atoms with Crippen molar-refractivity contribution in [2.45, 2.75) is 32.5 Å². The maximum absolute atomic E-state index is 9.93. The zero-order chi connectivity index (χ0) is 13.0. The van der Waals surface area contributed by atoms with Crippen LogP contribution in [-0.4, -0.2) is 41.8 Å². The van der Waals surface area contributed by atoms with E-state index >= 15 is 0 Å². The summed E-state index contributed by atoms with van der Waals surface area (Å²) in [5, 5.41) is 13.3. The predicted octanol–water partition coefficient (Wildman–Crippen LogP) is 1.48. The first-order valence-electron chi connectivity index (χ1n) is 6.83. The van der Waals surface area contributed by atoms with Crippen molar-refractivity contribution in [1.82, 2.24) is 10.2 Å². The van der Waals surface area contributed by atoms with Crippen molar-refractivity contribution in [1.29, 1.82) is 0 Å². The van der Waals surface area contributed by atoms with E-state index in [-0.39, 0.29) is 6.10 Å². The molecule has 1 heterocycles. The van der Waals surface area contributed by atoms with E-state index in [1.54, 1.807) is 0 Å². The number of nitrogens with zero attached hydrogens (tertiary/aromatic N) is 1. The van der Waals surface area contributed by atoms with Crippen LogP contribution in [0.2, 0.25) is 0 Å². The summed E-state index contributed by atoms with van der Waals surface area (Å²) in [6.07, 6.45) is -0.266. The Morgan fingerprint density at radius 3 is 2.67 bits per heavy atom. The molecule has 0 amide bonds. The number of β-amino-alcohol motifs (C(OH)–C–C–N with tert-alkyl or cyclic N) is 1. The second kappa shape index (κ2) is 6.32. The molecular formula is C15H24N2O. The molecule has 0 radical (unpaired) electrons. The molecule has 1 aliphatic heterocycles. The molecule has 1 aromatic carbocycles. The van der Waals surface area contributed by atoms with Crippen LogP contribution in [-0.2, 0) is 6.54 Å². The molecule has 0 saturated carbocycles. The van der Waals surface area contributed by atoms with Crippen molar-refractivity contribution < 1.29 is 5.11 Å². The van der Waals surface area contributed by atoms with Crippen molar-refractivity contribution >= 4 is 0 Å². The Kier molecular flexibility index (Phi) is 4.75. The third-order valence-corrected chi connectivity index (χ3v) is 3.65. The molecule has 2 N–H and O–H groups in total. The van der Waals surface area contributed by atoms with Gasteiger partial charge in [-0.3, -0.25) is 4.90 Å². The first kappa shape index (κ1) is 13.5. The topological polar surface area (TPSA) is 35.5 Å². The highest BCUT2D eigenvalue weighted by atomic mass is 16.3. The van der Waals surface area contributed by atoms with E-state index in [2.05, 4.69) is 48.3 Å². The van der Waals surface area contributed by atoms with Crippen molar-refractivity contribution in [2.24, 2.45) is 5.92 Å². The highest BCUT2D eigenvalue weighted by molar-refractivity contribution is 5.14. The van der Waals surface area contributed by atoms with Crippen LogP contribution in [0.1, 0.15) is 19.4 Å². The molecule has 1 fully saturated rings. The minimum absolute atomic E-state index is 0.266. The molecule has 100 valence electrons. The van der Waals surface area contributed by atoms with Gasteiger partial charge in [0.05, 0.1) is 6.10 Å². The van der Waals surface area contributed by atoms with E-state index < -0.39 is 0 Å². The molecule has 0 aromatic heterocycles. The van der Waals surface area contributed by atoms with Crippen molar-refractivity contribution in [3.63, 3.8) is 0 Å². The summed E-state index contributed by atoms with van der Waals surface area (Å²) in [7, 11) is 0. The van der Waals surface area contributed by atoms with Crippen LogP contribution >= 0.6 is 0 Å². The summed E-state index contributed by atoms with van der Waals surface area (Å²) in [4.78, 5) is 2.41. The standard InChI is InChI=1S/C15H24N2O/c1-12(2)15-9-16-8-14(18)11-17(15)10-13-6-4-3-5-7-13/h3-7,12,14-16,18H,8-11H2,1-2H3/t14-,15?/m1/s1. The van der Waals surface area contributed by atoms with Gasteiger partial charge in [0, 0.05) is 32.2 Å². The van der Waals surface area contributed by atoms with Crippen LogP contribution in [0, 0.1) is 5.92 Å². The number of aliphatic hydroxyl groups is 1. The lowest BCUT2D eigenvalue weighted by atomic mass is 10.0. The molecule has 18 heavy (non-hydrogen) atoms. The molecule has 1 aliphatic rings. The van der Waals surface area contributed by atoms with Crippen LogP contribution in [0.5, 0.6) is 0 Å². The lowest BCUT2D eigenvalue weighted by molar-refractivity contribution is 0.0903. The molecule has 2 rings (SSSR count). The Labute approximate surface area is 110 Å². The van der Waals surface area contributed by atoms with Gasteiger partial charge in [-0.25, -0.2) is 0 Å². The van der Waals surface area contributed by atoms with Gasteiger partial charge in [-0.2, -0.15) is 0 Å². The van der Waals surface area contributed by atoms with Gasteiger partial charge in [-0.1, -0.05) is 44.2 Å². The molecule has 0 spiro atoms. The van der Waals surface area contributed by atoms with Gasteiger partial charge in [0.2, 0.25) is 0 Å². The summed E-state index contributed by atoms with van der Waals surface area (Å²) >= 11 is 0. The zero-order valence-corrected chi connectivity index (χ0v) is 11.3. The largest absolute Gasteiger partial charge is 0.390 e. The first-order valence-corrected chi connectivity index (χ1v) is 6.83. The van der Waals surface area contributed by atoms with Gasteiger partial charge < -0.3 is 10.4 Å². The monoisotopic (exact) mass is 248 g/mol. The Morgan fingerprint density at radius 2 is 2.00 bits per heavy atom. The van der Waals surface area contributed by atoms with Gasteiger partial charge in [-0.05, 0) is 11.5 Å². The highest BCUT2D eigenvalue weighted by Gasteiger charge is 2.26. The lowest BCUT2D eigenvalue weighted by Crippen LogP contribution is -2.43. The average Bonchev–Trinajstić information content (AvgIpc) is 2.52. The number of nitrogens with one attached hydrogen (secondary N) is 1. The predicted molar refractivity (Wildman–Crippen MR) is 74.4 cm³/mol. The van der Waals surface area contributed by atoms with Crippen LogP contribution in [0.15, 0.2) is 30.3 Å². The fourth-order valence-corrected chi connectivity index (χ4v) is 2.65. The van der Waals surface area contributed by atoms with Gasteiger partial charge in [0.15, 0.2) is 0 Å². The minimum atomic E-state index is -0.266. The fourth-order valence-electron chi connectivity index (χ4n) is 2.65. The Balaban J connectivity index is 2.09. The van der Waals surface area contributed by atoms with E-state index in [4.69, 9.17) is 0 Å². The Hall–Kier alpha value is -0.900. The normalized spacial score (nSPS) is 26.2. The SMILES string of the molecule is CC(C)C1CNC[C@@H](O)CN1Cc1ccccc1. The minimum Gasteiger partial charge on any atom is -0.390 e. The fraction of sp³-hybridized carbons (Fsp3) is 0.600. The zero-order valence-electron chi connectivity index (χ0n) is 11.3. The van der Waals surface area contributed by atoms with Crippen molar-refractivity contribution in [3.8, 4) is 0 Å². The Morgan fingerprint density at radius 1 is 1.28 bits per heavy atom. The van der Waals surface area contributed by atoms with Gasteiger partial charge in [0.25, 0.3) is 0 Å². The van der Waals surface area contributed by atoms with E-state index in [1.165, 1.54) is 5.56 Å². The number of benzene rings is 1. The third-order valence-electron chi connectivity index (χ3n) is 3.65. The molecule has 1 aromatic rings. The molecule has 0 aliphatic carbocycles. The Bertz CT molecular complexity index is 353. The van der Waals surface area contributed by atoms with Gasteiger partial charge >= 0.3 is 0 Å². The summed E-state index contributed by atoms with van der Waals surface area (Å²) in [5.41, 5.74) is 1.32. The summed E-state index contributed by atoms with van der Waals surface area (Å²) < 4.78 is 0. The number of hydrogen-bond acceptors (Lipinski definition) is 3. The third kappa shape index (κ3) is 3.55. The average molecular weight is 248 g/mol. The van der Waals surface area contributed by atoms with Gasteiger partial charge in [-0.15, -0.1) is 0 Å². The van der Waals surface area contributed by atoms with E-state index in [0.717, 1.165) is 19.6 Å². The molecule has 3 nitrogen and oxygen atoms in total. The molecule has 1 unspecified atom stereocenters. The molecule has 2 atom stereocenters. The number of rotatable bonds is 3. The van der Waals surface area contributed by atoms with Crippen LogP contribution in [0.25, 0.3) is 0 Å². The summed E-state index contributed by atoms with van der Waals surface area (Å²) in [6.45, 7) is 7.84. The van der Waals surface area contributed by atoms with E-state index in [1.807, 2.05) is 6.07 Å².